The van der Waals surface area contributed by atoms with Gasteiger partial charge in [-0.25, -0.2) is 0 Å². The molecule has 17 heavy (non-hydrogen) atoms. The van der Waals surface area contributed by atoms with Gasteiger partial charge in [0.05, 0.1) is 0 Å². The van der Waals surface area contributed by atoms with Gasteiger partial charge in [-0.3, -0.25) is 0 Å². The van der Waals surface area contributed by atoms with Crippen LogP contribution in [0.15, 0.2) is 4.52 Å². The van der Waals surface area contributed by atoms with Crippen molar-refractivity contribution in [2.45, 2.75) is 44.4 Å². The van der Waals surface area contributed by atoms with E-state index >= 15 is 0 Å². The standard InChI is InChI=1S/C12H21N3O2/c1-9(3-2-6-13)12-14-11(15-17-12)10-4-7-16-8-5-10/h9-10H,2-8,13H2,1H3. The van der Waals surface area contributed by atoms with Crippen LogP contribution in [-0.4, -0.2) is 29.9 Å². The molecule has 5 heteroatoms. The molecule has 96 valence electrons. The fourth-order valence-electron chi connectivity index (χ4n) is 2.12. The molecular formula is C12H21N3O2. The van der Waals surface area contributed by atoms with Gasteiger partial charge in [-0.1, -0.05) is 12.1 Å². The van der Waals surface area contributed by atoms with Crippen molar-refractivity contribution in [3.8, 4) is 0 Å². The summed E-state index contributed by atoms with van der Waals surface area (Å²) >= 11 is 0. The lowest BCUT2D eigenvalue weighted by Gasteiger charge is -2.18. The van der Waals surface area contributed by atoms with E-state index in [1.54, 1.807) is 0 Å². The number of hydrogen-bond acceptors (Lipinski definition) is 5. The Labute approximate surface area is 102 Å². The van der Waals surface area contributed by atoms with E-state index in [9.17, 15) is 0 Å². The van der Waals surface area contributed by atoms with Crippen LogP contribution in [0.4, 0.5) is 0 Å². The fourth-order valence-corrected chi connectivity index (χ4v) is 2.12. The first kappa shape index (κ1) is 12.5. The average molecular weight is 239 g/mol. The lowest BCUT2D eigenvalue weighted by molar-refractivity contribution is 0.0830. The minimum absolute atomic E-state index is 0.305. The van der Waals surface area contributed by atoms with E-state index in [1.807, 2.05) is 0 Å². The summed E-state index contributed by atoms with van der Waals surface area (Å²) in [7, 11) is 0. The number of rotatable bonds is 5. The molecule has 2 N–H and O–H groups in total. The third-order valence-electron chi connectivity index (χ3n) is 3.31. The molecule has 2 rings (SSSR count). The lowest BCUT2D eigenvalue weighted by atomic mass is 9.99. The van der Waals surface area contributed by atoms with Crippen LogP contribution in [0.1, 0.15) is 56.2 Å². The molecule has 0 amide bonds. The molecule has 0 radical (unpaired) electrons. The summed E-state index contributed by atoms with van der Waals surface area (Å²) in [6.07, 6.45) is 3.99. The molecule has 0 aromatic carbocycles. The van der Waals surface area contributed by atoms with E-state index in [1.165, 1.54) is 0 Å². The zero-order chi connectivity index (χ0) is 12.1. The molecule has 1 aromatic rings. The van der Waals surface area contributed by atoms with Gasteiger partial charge in [0.2, 0.25) is 5.89 Å². The Morgan fingerprint density at radius 3 is 2.88 bits per heavy atom. The fraction of sp³-hybridized carbons (Fsp3) is 0.833. The minimum atomic E-state index is 0.305. The van der Waals surface area contributed by atoms with Gasteiger partial charge in [-0.05, 0) is 32.2 Å². The minimum Gasteiger partial charge on any atom is -0.381 e. The second kappa shape index (κ2) is 6.12. The highest BCUT2D eigenvalue weighted by Crippen LogP contribution is 2.26. The monoisotopic (exact) mass is 239 g/mol. The Kier molecular flexibility index (Phi) is 4.50. The number of nitrogens with two attached hydrogens (primary N) is 1. The summed E-state index contributed by atoms with van der Waals surface area (Å²) < 4.78 is 10.7. The molecule has 1 unspecified atom stereocenters. The second-order valence-corrected chi connectivity index (χ2v) is 4.71. The van der Waals surface area contributed by atoms with Crippen LogP contribution >= 0.6 is 0 Å². The number of ether oxygens (including phenoxy) is 1. The van der Waals surface area contributed by atoms with Gasteiger partial charge in [0, 0.05) is 25.0 Å². The van der Waals surface area contributed by atoms with Crippen molar-refractivity contribution in [2.24, 2.45) is 5.73 Å². The van der Waals surface area contributed by atoms with Crippen LogP contribution in [-0.2, 0) is 4.74 Å². The molecule has 1 aliphatic rings. The number of aromatic nitrogens is 2. The molecule has 5 nitrogen and oxygen atoms in total. The van der Waals surface area contributed by atoms with Gasteiger partial charge in [0.1, 0.15) is 0 Å². The molecule has 0 bridgehead atoms. The molecule has 0 saturated carbocycles. The zero-order valence-electron chi connectivity index (χ0n) is 10.4. The second-order valence-electron chi connectivity index (χ2n) is 4.71. The van der Waals surface area contributed by atoms with Gasteiger partial charge in [-0.15, -0.1) is 0 Å². The maximum atomic E-state index is 5.50. The van der Waals surface area contributed by atoms with Crippen LogP contribution in [0.5, 0.6) is 0 Å². The van der Waals surface area contributed by atoms with Crippen LogP contribution in [0.25, 0.3) is 0 Å². The van der Waals surface area contributed by atoms with Gasteiger partial charge >= 0.3 is 0 Å². The highest BCUT2D eigenvalue weighted by atomic mass is 16.5. The summed E-state index contributed by atoms with van der Waals surface area (Å²) in [4.78, 5) is 4.51. The molecule has 2 heterocycles. The van der Waals surface area contributed by atoms with E-state index in [2.05, 4.69) is 17.1 Å². The van der Waals surface area contributed by atoms with Gasteiger partial charge in [0.15, 0.2) is 5.82 Å². The summed E-state index contributed by atoms with van der Waals surface area (Å²) in [5.74, 6) is 2.31. The summed E-state index contributed by atoms with van der Waals surface area (Å²) in [6.45, 7) is 4.43. The Balaban J connectivity index is 1.94. The average Bonchev–Trinajstić information content (AvgIpc) is 2.86. The molecular weight excluding hydrogens is 218 g/mol. The van der Waals surface area contributed by atoms with Gasteiger partial charge < -0.3 is 15.0 Å². The Bertz CT molecular complexity index is 334. The van der Waals surface area contributed by atoms with Crippen molar-refractivity contribution in [1.82, 2.24) is 10.1 Å². The maximum absolute atomic E-state index is 5.50. The topological polar surface area (TPSA) is 74.2 Å². The Hall–Kier alpha value is -0.940. The third kappa shape index (κ3) is 3.26. The predicted octanol–water partition coefficient (Wildman–Crippen LogP) is 1.81. The molecule has 0 aliphatic carbocycles. The molecule has 1 fully saturated rings. The van der Waals surface area contributed by atoms with E-state index < -0.39 is 0 Å². The van der Waals surface area contributed by atoms with Crippen LogP contribution in [0, 0.1) is 0 Å². The molecule has 1 saturated heterocycles. The molecule has 1 aromatic heterocycles. The van der Waals surface area contributed by atoms with E-state index in [-0.39, 0.29) is 0 Å². The van der Waals surface area contributed by atoms with Crippen molar-refractivity contribution >= 4 is 0 Å². The van der Waals surface area contributed by atoms with Crippen molar-refractivity contribution in [3.63, 3.8) is 0 Å². The summed E-state index contributed by atoms with van der Waals surface area (Å²) in [5, 5.41) is 4.10. The van der Waals surface area contributed by atoms with E-state index in [4.69, 9.17) is 15.0 Å². The Morgan fingerprint density at radius 1 is 1.41 bits per heavy atom. The first-order valence-corrected chi connectivity index (χ1v) is 6.42. The highest BCUT2D eigenvalue weighted by Gasteiger charge is 2.22. The largest absolute Gasteiger partial charge is 0.381 e. The molecule has 0 spiro atoms. The molecule has 1 aliphatic heterocycles. The smallest absolute Gasteiger partial charge is 0.229 e. The first-order chi connectivity index (χ1) is 8.31. The summed E-state index contributed by atoms with van der Waals surface area (Å²) in [5.41, 5.74) is 5.50. The van der Waals surface area contributed by atoms with Gasteiger partial charge in [-0.2, -0.15) is 4.98 Å². The zero-order valence-corrected chi connectivity index (χ0v) is 10.4. The van der Waals surface area contributed by atoms with Crippen molar-refractivity contribution < 1.29 is 9.26 Å². The maximum Gasteiger partial charge on any atom is 0.229 e. The number of nitrogens with zero attached hydrogens (tertiary/aromatic N) is 2. The molecule has 1 atom stereocenters. The lowest BCUT2D eigenvalue weighted by Crippen LogP contribution is -2.15. The highest BCUT2D eigenvalue weighted by molar-refractivity contribution is 4.99. The normalized spacial score (nSPS) is 19.4. The summed E-state index contributed by atoms with van der Waals surface area (Å²) in [6, 6.07) is 0. The van der Waals surface area contributed by atoms with Crippen LogP contribution in [0.2, 0.25) is 0 Å². The van der Waals surface area contributed by atoms with Crippen molar-refractivity contribution in [1.29, 1.82) is 0 Å². The third-order valence-corrected chi connectivity index (χ3v) is 3.31. The quantitative estimate of drug-likeness (QED) is 0.848. The first-order valence-electron chi connectivity index (χ1n) is 6.42. The Morgan fingerprint density at radius 2 is 2.18 bits per heavy atom. The van der Waals surface area contributed by atoms with Gasteiger partial charge in [0.25, 0.3) is 0 Å². The van der Waals surface area contributed by atoms with Crippen molar-refractivity contribution in [3.05, 3.63) is 11.7 Å². The van der Waals surface area contributed by atoms with Crippen molar-refractivity contribution in [2.75, 3.05) is 19.8 Å². The SMILES string of the molecule is CC(CCCN)c1nc(C2CCOCC2)no1. The van der Waals surface area contributed by atoms with E-state index in [0.717, 1.165) is 50.6 Å². The van der Waals surface area contributed by atoms with Crippen LogP contribution < -0.4 is 5.73 Å². The number of hydrogen-bond donors (Lipinski definition) is 1. The predicted molar refractivity (Wildman–Crippen MR) is 63.8 cm³/mol. The van der Waals surface area contributed by atoms with Crippen LogP contribution in [0.3, 0.4) is 0 Å². The van der Waals surface area contributed by atoms with E-state index in [0.29, 0.717) is 18.4 Å².